The molecule has 0 spiro atoms. The number of carbonyl (C=O) groups is 2. The van der Waals surface area contributed by atoms with Crippen LogP contribution >= 0.6 is 11.8 Å². The lowest BCUT2D eigenvalue weighted by molar-refractivity contribution is -0.146. The van der Waals surface area contributed by atoms with Crippen molar-refractivity contribution in [2.75, 3.05) is 20.3 Å². The van der Waals surface area contributed by atoms with Crippen LogP contribution in [0.4, 0.5) is 5.69 Å². The van der Waals surface area contributed by atoms with Crippen molar-refractivity contribution in [3.63, 3.8) is 0 Å². The first-order chi connectivity index (χ1) is 13.6. The number of carbonyl (C=O) groups excluding carboxylic acids is 2. The number of rotatable bonds is 9. The Hall–Kier alpha value is -2.06. The average Bonchev–Trinajstić information content (AvgIpc) is 3.21. The van der Waals surface area contributed by atoms with E-state index < -0.39 is 0 Å². The number of cyclic esters (lactones) is 1. The third-order valence-corrected chi connectivity index (χ3v) is 5.78. The Balaban J connectivity index is 1.53. The summed E-state index contributed by atoms with van der Waals surface area (Å²) in [7, 11) is 1.59. The van der Waals surface area contributed by atoms with Crippen molar-refractivity contribution < 1.29 is 23.8 Å². The van der Waals surface area contributed by atoms with E-state index in [1.54, 1.807) is 13.2 Å². The summed E-state index contributed by atoms with van der Waals surface area (Å²) in [5.74, 6) is 0.0607. The Morgan fingerprint density at radius 2 is 2.21 bits per heavy atom. The Morgan fingerprint density at radius 3 is 3.00 bits per heavy atom. The molecule has 2 aliphatic rings. The monoisotopic (exact) mass is 406 g/mol. The van der Waals surface area contributed by atoms with E-state index in [9.17, 15) is 9.59 Å². The molecule has 3 unspecified atom stereocenters. The third-order valence-electron chi connectivity index (χ3n) is 4.67. The molecule has 0 aromatic heterocycles. The van der Waals surface area contributed by atoms with Gasteiger partial charge in [0.1, 0.15) is 11.9 Å². The van der Waals surface area contributed by atoms with Crippen molar-refractivity contribution in [3.05, 3.63) is 24.3 Å². The molecule has 3 atom stereocenters. The predicted molar refractivity (Wildman–Crippen MR) is 108 cm³/mol. The number of nitrogens with one attached hydrogen (secondary N) is 1. The van der Waals surface area contributed by atoms with Crippen molar-refractivity contribution in [3.8, 4) is 5.75 Å². The van der Waals surface area contributed by atoms with Crippen LogP contribution in [0, 0.1) is 5.92 Å². The number of benzene rings is 1. The fourth-order valence-corrected chi connectivity index (χ4v) is 4.23. The van der Waals surface area contributed by atoms with E-state index in [1.807, 2.05) is 18.2 Å². The lowest BCUT2D eigenvalue weighted by Gasteiger charge is -2.10. The van der Waals surface area contributed by atoms with Gasteiger partial charge in [0.05, 0.1) is 30.6 Å². The smallest absolute Gasteiger partial charge is 0.309 e. The molecule has 7 nitrogen and oxygen atoms in total. The molecule has 2 heterocycles. The maximum atomic E-state index is 12.3. The van der Waals surface area contributed by atoms with Crippen LogP contribution in [0.2, 0.25) is 0 Å². The molecule has 1 N–H and O–H groups in total. The third kappa shape index (κ3) is 5.48. The van der Waals surface area contributed by atoms with Gasteiger partial charge >= 0.3 is 5.97 Å². The molecule has 1 aromatic carbocycles. The standard InChI is InChI=1S/C20H26N2O5S/c1-3-4-8-26-12-16-9-13(19(24)27-16)10-17-18(23)22-20(28-17)21-14-6-5-7-15(11-14)25-2/h5-7,11,13,16-17H,3-4,8-10,12H2,1-2H3,(H,21,22,23). The van der Waals surface area contributed by atoms with Gasteiger partial charge in [-0.2, -0.15) is 0 Å². The van der Waals surface area contributed by atoms with Crippen molar-refractivity contribution in [2.24, 2.45) is 10.9 Å². The molecule has 0 radical (unpaired) electrons. The fourth-order valence-electron chi connectivity index (χ4n) is 3.15. The number of hydrogen-bond acceptors (Lipinski definition) is 7. The quantitative estimate of drug-likeness (QED) is 0.501. The van der Waals surface area contributed by atoms with Crippen molar-refractivity contribution in [1.29, 1.82) is 0 Å². The zero-order chi connectivity index (χ0) is 19.9. The first kappa shape index (κ1) is 20.7. The number of hydrogen-bond donors (Lipinski definition) is 1. The fraction of sp³-hybridized carbons (Fsp3) is 0.550. The minimum atomic E-state index is -0.346. The number of amidine groups is 1. The Labute approximate surface area is 169 Å². The van der Waals surface area contributed by atoms with Crippen LogP contribution in [-0.4, -0.2) is 48.7 Å². The van der Waals surface area contributed by atoms with Gasteiger partial charge in [0.15, 0.2) is 5.17 Å². The minimum absolute atomic E-state index is 0.123. The minimum Gasteiger partial charge on any atom is -0.497 e. The molecule has 2 saturated heterocycles. The average molecular weight is 407 g/mol. The number of nitrogens with zero attached hydrogens (tertiary/aromatic N) is 1. The number of aliphatic imine (C=N–C) groups is 1. The maximum Gasteiger partial charge on any atom is 0.309 e. The summed E-state index contributed by atoms with van der Waals surface area (Å²) >= 11 is 1.35. The van der Waals surface area contributed by atoms with Crippen LogP contribution in [-0.2, 0) is 19.1 Å². The van der Waals surface area contributed by atoms with Gasteiger partial charge < -0.3 is 19.5 Å². The van der Waals surface area contributed by atoms with Crippen LogP contribution in [0.5, 0.6) is 5.75 Å². The maximum absolute atomic E-state index is 12.3. The van der Waals surface area contributed by atoms with E-state index in [2.05, 4.69) is 17.2 Å². The first-order valence-electron chi connectivity index (χ1n) is 9.57. The summed E-state index contributed by atoms with van der Waals surface area (Å²) < 4.78 is 16.1. The molecule has 2 aliphatic heterocycles. The van der Waals surface area contributed by atoms with E-state index in [-0.39, 0.29) is 29.1 Å². The molecule has 0 aliphatic carbocycles. The number of ether oxygens (including phenoxy) is 3. The first-order valence-corrected chi connectivity index (χ1v) is 10.5. The van der Waals surface area contributed by atoms with Crippen LogP contribution in [0.15, 0.2) is 29.3 Å². The highest BCUT2D eigenvalue weighted by Crippen LogP contribution is 2.33. The Bertz CT molecular complexity index is 739. The van der Waals surface area contributed by atoms with Crippen LogP contribution in [0.3, 0.4) is 0 Å². The molecule has 1 amide bonds. The number of amides is 1. The summed E-state index contributed by atoms with van der Waals surface area (Å²) in [4.78, 5) is 28.9. The number of unbranched alkanes of at least 4 members (excludes halogenated alkanes) is 1. The van der Waals surface area contributed by atoms with Gasteiger partial charge in [0.2, 0.25) is 5.91 Å². The second-order valence-corrected chi connectivity index (χ2v) is 8.06. The number of esters is 1. The zero-order valence-electron chi connectivity index (χ0n) is 16.2. The normalized spacial score (nSPS) is 25.8. The van der Waals surface area contributed by atoms with Gasteiger partial charge in [-0.15, -0.1) is 0 Å². The van der Waals surface area contributed by atoms with Crippen molar-refractivity contribution in [1.82, 2.24) is 5.32 Å². The topological polar surface area (TPSA) is 86.2 Å². The summed E-state index contributed by atoms with van der Waals surface area (Å²) in [6.07, 6.45) is 2.89. The van der Waals surface area contributed by atoms with Gasteiger partial charge in [0.25, 0.3) is 0 Å². The van der Waals surface area contributed by atoms with Crippen molar-refractivity contribution in [2.45, 2.75) is 44.0 Å². The molecule has 2 fully saturated rings. The van der Waals surface area contributed by atoms with E-state index in [4.69, 9.17) is 14.2 Å². The van der Waals surface area contributed by atoms with Crippen molar-refractivity contribution >= 4 is 34.5 Å². The summed E-state index contributed by atoms with van der Waals surface area (Å²) in [5, 5.41) is 2.99. The zero-order valence-corrected chi connectivity index (χ0v) is 17.0. The molecule has 1 aromatic rings. The van der Waals surface area contributed by atoms with Gasteiger partial charge in [-0.05, 0) is 31.4 Å². The summed E-state index contributed by atoms with van der Waals surface area (Å²) in [6.45, 7) is 3.21. The predicted octanol–water partition coefficient (Wildman–Crippen LogP) is 3.05. The van der Waals surface area contributed by atoms with E-state index >= 15 is 0 Å². The Morgan fingerprint density at radius 1 is 1.36 bits per heavy atom. The molecule has 0 saturated carbocycles. The summed E-state index contributed by atoms with van der Waals surface area (Å²) in [5.41, 5.74) is 0.701. The second-order valence-electron chi connectivity index (χ2n) is 6.87. The van der Waals surface area contributed by atoms with Crippen LogP contribution < -0.4 is 10.1 Å². The van der Waals surface area contributed by atoms with Gasteiger partial charge in [-0.1, -0.05) is 31.2 Å². The highest BCUT2D eigenvalue weighted by Gasteiger charge is 2.40. The Kier molecular flexibility index (Phi) is 7.33. The molecule has 3 rings (SSSR count). The van der Waals surface area contributed by atoms with Gasteiger partial charge in [-0.3, -0.25) is 9.59 Å². The second kappa shape index (κ2) is 9.93. The van der Waals surface area contributed by atoms with E-state index in [0.717, 1.165) is 12.8 Å². The van der Waals surface area contributed by atoms with E-state index in [1.165, 1.54) is 11.8 Å². The highest BCUT2D eigenvalue weighted by atomic mass is 32.2. The summed E-state index contributed by atoms with van der Waals surface area (Å²) in [6, 6.07) is 7.31. The van der Waals surface area contributed by atoms with Crippen LogP contribution in [0.1, 0.15) is 32.6 Å². The number of methoxy groups -OCH3 is 1. The SMILES string of the molecule is CCCCOCC1CC(CC2SC(=Nc3cccc(OC)c3)NC2=O)C(=O)O1. The molecule has 28 heavy (non-hydrogen) atoms. The number of thioether (sulfide) groups is 1. The van der Waals surface area contributed by atoms with Gasteiger partial charge in [0, 0.05) is 12.7 Å². The lowest BCUT2D eigenvalue weighted by atomic mass is 9.99. The molecular formula is C20H26N2O5S. The molecule has 152 valence electrons. The van der Waals surface area contributed by atoms with Gasteiger partial charge in [-0.25, -0.2) is 4.99 Å². The molecular weight excluding hydrogens is 380 g/mol. The lowest BCUT2D eigenvalue weighted by Crippen LogP contribution is -2.27. The molecule has 0 bridgehead atoms. The largest absolute Gasteiger partial charge is 0.497 e. The molecule has 8 heteroatoms. The highest BCUT2D eigenvalue weighted by molar-refractivity contribution is 8.15. The van der Waals surface area contributed by atoms with Crippen LogP contribution in [0.25, 0.3) is 0 Å². The van der Waals surface area contributed by atoms with E-state index in [0.29, 0.717) is 42.7 Å².